The van der Waals surface area contributed by atoms with Crippen molar-refractivity contribution in [3.63, 3.8) is 0 Å². The molecule has 0 heterocycles. The minimum absolute atomic E-state index is 0.0733. The van der Waals surface area contributed by atoms with Gasteiger partial charge in [-0.3, -0.25) is 4.79 Å². The molecule has 7 nitrogen and oxygen atoms in total. The summed E-state index contributed by atoms with van der Waals surface area (Å²) >= 11 is 0. The maximum atomic E-state index is 13.6. The normalized spacial score (nSPS) is 12.5. The largest absolute Gasteiger partial charge is 0.508 e. The van der Waals surface area contributed by atoms with E-state index in [1.54, 1.807) is 71.3 Å². The van der Waals surface area contributed by atoms with Crippen LogP contribution >= 0.6 is 0 Å². The number of carbonyl (C=O) groups is 2. The van der Waals surface area contributed by atoms with Crippen molar-refractivity contribution < 1.29 is 37.3 Å². The average molecular weight is 639 g/mol. The Kier molecular flexibility index (Phi) is 12.1. The molecule has 246 valence electrons. The number of hydrogen-bond acceptors (Lipinski definition) is 5. The molecule has 3 aromatic carbocycles. The molecule has 0 atom stereocenters. The second kappa shape index (κ2) is 15.5. The molecule has 1 N–H and O–H groups in total. The van der Waals surface area contributed by atoms with Crippen LogP contribution in [0.1, 0.15) is 56.4 Å². The Morgan fingerprint density at radius 2 is 1.50 bits per heavy atom. The summed E-state index contributed by atoms with van der Waals surface area (Å²) in [6.07, 6.45) is -1.59. The zero-order chi connectivity index (χ0) is 34.1. The number of rotatable bonds is 11. The third kappa shape index (κ3) is 10.4. The molecule has 3 aromatic rings. The Morgan fingerprint density at radius 1 is 0.891 bits per heavy atom. The highest BCUT2D eigenvalue weighted by Crippen LogP contribution is 2.38. The fraction of sp³-hybridized carbons (Fsp3) is 0.333. The Balaban J connectivity index is 1.87. The van der Waals surface area contributed by atoms with Crippen LogP contribution in [0.25, 0.3) is 11.1 Å². The van der Waals surface area contributed by atoms with Crippen molar-refractivity contribution in [2.45, 2.75) is 45.9 Å². The number of halogens is 3. The summed E-state index contributed by atoms with van der Waals surface area (Å²) < 4.78 is 52.1. The summed E-state index contributed by atoms with van der Waals surface area (Å²) in [4.78, 5) is 27.6. The molecule has 10 heteroatoms. The molecular formula is C36H41F3N2O5. The molecular weight excluding hydrogens is 597 g/mol. The van der Waals surface area contributed by atoms with Gasteiger partial charge in [-0.25, -0.2) is 4.79 Å². The van der Waals surface area contributed by atoms with Crippen LogP contribution in [0.5, 0.6) is 11.5 Å². The van der Waals surface area contributed by atoms with Gasteiger partial charge in [0.25, 0.3) is 0 Å². The number of aromatic hydroxyl groups is 1. The highest BCUT2D eigenvalue weighted by atomic mass is 19.4. The van der Waals surface area contributed by atoms with E-state index in [-0.39, 0.29) is 31.4 Å². The lowest BCUT2D eigenvalue weighted by molar-refractivity contribution is -0.137. The van der Waals surface area contributed by atoms with E-state index >= 15 is 0 Å². The number of alkyl halides is 3. The van der Waals surface area contributed by atoms with Gasteiger partial charge >= 0.3 is 12.3 Å². The van der Waals surface area contributed by atoms with Gasteiger partial charge in [0.05, 0.1) is 12.1 Å². The topological polar surface area (TPSA) is 79.3 Å². The second-order valence-corrected chi connectivity index (χ2v) is 11.8. The number of nitrogens with zero attached hydrogens (tertiary/aromatic N) is 2. The number of phenols is 1. The second-order valence-electron chi connectivity index (χ2n) is 11.8. The first kappa shape index (κ1) is 35.7. The van der Waals surface area contributed by atoms with Crippen molar-refractivity contribution in [2.24, 2.45) is 0 Å². The lowest BCUT2D eigenvalue weighted by atomic mass is 9.87. The fourth-order valence-electron chi connectivity index (χ4n) is 4.56. The van der Waals surface area contributed by atoms with Gasteiger partial charge < -0.3 is 24.4 Å². The van der Waals surface area contributed by atoms with Gasteiger partial charge in [0.15, 0.2) is 0 Å². The van der Waals surface area contributed by atoms with Gasteiger partial charge in [0.2, 0.25) is 5.91 Å². The third-order valence-electron chi connectivity index (χ3n) is 6.80. The predicted molar refractivity (Wildman–Crippen MR) is 173 cm³/mol. The van der Waals surface area contributed by atoms with Crippen molar-refractivity contribution >= 4 is 23.1 Å². The van der Waals surface area contributed by atoms with E-state index in [1.165, 1.54) is 34.1 Å². The summed E-state index contributed by atoms with van der Waals surface area (Å²) in [6, 6.07) is 18.9. The number of hydrogen-bond donors (Lipinski definition) is 1. The smallest absolute Gasteiger partial charge is 0.416 e. The molecule has 0 aliphatic carbocycles. The first-order valence-electron chi connectivity index (χ1n) is 14.9. The predicted octanol–water partition coefficient (Wildman–Crippen LogP) is 8.04. The monoisotopic (exact) mass is 638 g/mol. The van der Waals surface area contributed by atoms with Crippen molar-refractivity contribution in [2.75, 3.05) is 33.8 Å². The number of carbonyl (C=O) groups excluding carboxylic acids is 2. The van der Waals surface area contributed by atoms with Crippen molar-refractivity contribution in [3.05, 3.63) is 107 Å². The SMILES string of the molecule is CC/C(=C(\c1ccc(O)cc1)c1ccc(OCCN(C/C=C/C(=O)N(C)C)C(=O)OC(C)(C)C)cc1)c1cccc(C(F)(F)F)c1. The van der Waals surface area contributed by atoms with Crippen LogP contribution < -0.4 is 4.74 Å². The summed E-state index contributed by atoms with van der Waals surface area (Å²) in [5, 5.41) is 9.88. The molecule has 2 amide bonds. The number of allylic oxidation sites excluding steroid dienone is 1. The van der Waals surface area contributed by atoms with E-state index in [9.17, 15) is 27.9 Å². The van der Waals surface area contributed by atoms with E-state index in [1.807, 2.05) is 19.1 Å². The van der Waals surface area contributed by atoms with Crippen LogP contribution in [0.3, 0.4) is 0 Å². The maximum Gasteiger partial charge on any atom is 0.416 e. The first-order chi connectivity index (χ1) is 21.6. The van der Waals surface area contributed by atoms with Crippen LogP contribution in [-0.4, -0.2) is 66.3 Å². The summed E-state index contributed by atoms with van der Waals surface area (Å²) in [7, 11) is 3.27. The van der Waals surface area contributed by atoms with Crippen LogP contribution in [0.4, 0.5) is 18.0 Å². The Bertz CT molecular complexity index is 1540. The lowest BCUT2D eigenvalue weighted by Gasteiger charge is -2.26. The first-order valence-corrected chi connectivity index (χ1v) is 14.9. The minimum atomic E-state index is -4.48. The van der Waals surface area contributed by atoms with Crippen LogP contribution in [0.15, 0.2) is 84.9 Å². The quantitative estimate of drug-likeness (QED) is 0.170. The van der Waals surface area contributed by atoms with Gasteiger partial charge in [-0.2, -0.15) is 13.2 Å². The molecule has 46 heavy (non-hydrogen) atoms. The van der Waals surface area contributed by atoms with Crippen molar-refractivity contribution in [3.8, 4) is 11.5 Å². The molecule has 0 aliphatic rings. The highest BCUT2D eigenvalue weighted by Gasteiger charge is 2.31. The molecule has 0 unspecified atom stereocenters. The van der Waals surface area contributed by atoms with Crippen molar-refractivity contribution in [1.82, 2.24) is 9.80 Å². The third-order valence-corrected chi connectivity index (χ3v) is 6.80. The van der Waals surface area contributed by atoms with Crippen LogP contribution in [0.2, 0.25) is 0 Å². The number of phenolic OH excluding ortho intramolecular Hbond substituents is 1. The van der Waals surface area contributed by atoms with E-state index in [4.69, 9.17) is 9.47 Å². The van der Waals surface area contributed by atoms with Gasteiger partial charge in [-0.15, -0.1) is 0 Å². The van der Waals surface area contributed by atoms with Gasteiger partial charge in [-0.05, 0) is 91.4 Å². The van der Waals surface area contributed by atoms with E-state index in [2.05, 4.69) is 0 Å². The Labute approximate surface area is 268 Å². The number of ether oxygens (including phenoxy) is 2. The molecule has 0 aromatic heterocycles. The Hall–Kier alpha value is -4.73. The fourth-order valence-corrected chi connectivity index (χ4v) is 4.56. The highest BCUT2D eigenvalue weighted by molar-refractivity contribution is 5.98. The van der Waals surface area contributed by atoms with E-state index < -0.39 is 23.4 Å². The zero-order valence-corrected chi connectivity index (χ0v) is 27.0. The molecule has 0 radical (unpaired) electrons. The van der Waals surface area contributed by atoms with Crippen LogP contribution in [0, 0.1) is 0 Å². The zero-order valence-electron chi connectivity index (χ0n) is 27.0. The van der Waals surface area contributed by atoms with Gasteiger partial charge in [0, 0.05) is 26.7 Å². The average Bonchev–Trinajstić information content (AvgIpc) is 2.98. The lowest BCUT2D eigenvalue weighted by Crippen LogP contribution is -2.39. The van der Waals surface area contributed by atoms with Crippen molar-refractivity contribution in [1.29, 1.82) is 0 Å². The van der Waals surface area contributed by atoms with Gasteiger partial charge in [-0.1, -0.05) is 49.4 Å². The minimum Gasteiger partial charge on any atom is -0.508 e. The molecule has 0 fully saturated rings. The van der Waals surface area contributed by atoms with E-state index in [0.717, 1.165) is 28.8 Å². The molecule has 0 saturated heterocycles. The molecule has 0 spiro atoms. The summed E-state index contributed by atoms with van der Waals surface area (Å²) in [5.74, 6) is 0.387. The molecule has 3 rings (SSSR count). The molecule has 0 aliphatic heterocycles. The number of benzene rings is 3. The summed E-state index contributed by atoms with van der Waals surface area (Å²) in [5.41, 5.74) is 1.92. The molecule has 0 bridgehead atoms. The summed E-state index contributed by atoms with van der Waals surface area (Å²) in [6.45, 7) is 7.66. The van der Waals surface area contributed by atoms with Crippen LogP contribution in [-0.2, 0) is 15.7 Å². The molecule has 0 saturated carbocycles. The standard InChI is InChI=1S/C36H41F3N2O5/c1-7-31(27-10-8-11-28(24-27)36(37,38)39)33(25-13-17-29(42)18-14-25)26-15-19-30(20-16-26)45-23-22-41(34(44)46-35(2,3)4)21-9-12-32(43)40(5)6/h8-20,24,42H,7,21-23H2,1-6H3/b12-9+,33-31-. The maximum absolute atomic E-state index is 13.6. The Morgan fingerprint density at radius 3 is 2.04 bits per heavy atom. The number of likely N-dealkylation sites (N-methyl/N-ethyl adjacent to an activating group) is 1. The van der Waals surface area contributed by atoms with Gasteiger partial charge in [0.1, 0.15) is 23.7 Å². The van der Waals surface area contributed by atoms with E-state index in [0.29, 0.717) is 23.3 Å². The number of amides is 2.